The van der Waals surface area contributed by atoms with E-state index in [0.29, 0.717) is 5.56 Å². The Bertz CT molecular complexity index is 835. The molecule has 0 radical (unpaired) electrons. The molecule has 0 spiro atoms. The van der Waals surface area contributed by atoms with Crippen LogP contribution in [0.5, 0.6) is 0 Å². The van der Waals surface area contributed by atoms with Crippen molar-refractivity contribution in [2.24, 2.45) is 5.92 Å². The Labute approximate surface area is 156 Å². The van der Waals surface area contributed by atoms with Crippen LogP contribution in [0, 0.1) is 11.7 Å². The van der Waals surface area contributed by atoms with Crippen molar-refractivity contribution in [1.29, 1.82) is 0 Å². The van der Waals surface area contributed by atoms with Gasteiger partial charge in [0.1, 0.15) is 11.7 Å². The van der Waals surface area contributed by atoms with E-state index in [9.17, 15) is 18.8 Å². The zero-order valence-corrected chi connectivity index (χ0v) is 14.9. The summed E-state index contributed by atoms with van der Waals surface area (Å²) in [6.45, 7) is 1.89. The van der Waals surface area contributed by atoms with Crippen LogP contribution in [0.3, 0.4) is 0 Å². The van der Waals surface area contributed by atoms with Crippen LogP contribution >= 0.6 is 0 Å². The number of rotatable bonds is 5. The van der Waals surface area contributed by atoms with Gasteiger partial charge in [-0.25, -0.2) is 4.39 Å². The fraction of sp³-hybridized carbons (Fsp3) is 0.286. The molecule has 2 aromatic carbocycles. The van der Waals surface area contributed by atoms with Gasteiger partial charge in [0, 0.05) is 12.3 Å². The fourth-order valence-electron chi connectivity index (χ4n) is 3.33. The SMILES string of the molecule is CCOC(=O)C1C(=O)N(Cc2ccccc2)C(=O)CC1c1ccc(F)cc1. The minimum Gasteiger partial charge on any atom is -0.465 e. The molecule has 6 heteroatoms. The Kier molecular flexibility index (Phi) is 5.64. The molecule has 27 heavy (non-hydrogen) atoms. The van der Waals surface area contributed by atoms with E-state index >= 15 is 0 Å². The topological polar surface area (TPSA) is 63.7 Å². The maximum atomic E-state index is 13.3. The lowest BCUT2D eigenvalue weighted by molar-refractivity contribution is -0.163. The van der Waals surface area contributed by atoms with E-state index < -0.39 is 29.5 Å². The summed E-state index contributed by atoms with van der Waals surface area (Å²) in [5.41, 5.74) is 1.36. The second kappa shape index (κ2) is 8.12. The third-order valence-corrected chi connectivity index (χ3v) is 4.65. The first-order valence-electron chi connectivity index (χ1n) is 8.81. The van der Waals surface area contributed by atoms with Crippen LogP contribution < -0.4 is 0 Å². The van der Waals surface area contributed by atoms with Gasteiger partial charge in [-0.05, 0) is 30.2 Å². The Morgan fingerprint density at radius 3 is 2.41 bits per heavy atom. The Morgan fingerprint density at radius 2 is 1.78 bits per heavy atom. The van der Waals surface area contributed by atoms with Gasteiger partial charge in [0.2, 0.25) is 11.8 Å². The molecule has 2 aromatic rings. The van der Waals surface area contributed by atoms with Crippen molar-refractivity contribution >= 4 is 17.8 Å². The van der Waals surface area contributed by atoms with Gasteiger partial charge in [0.15, 0.2) is 0 Å². The first-order chi connectivity index (χ1) is 13.0. The van der Waals surface area contributed by atoms with Crippen molar-refractivity contribution in [3.8, 4) is 0 Å². The molecule has 2 atom stereocenters. The monoisotopic (exact) mass is 369 g/mol. The van der Waals surface area contributed by atoms with E-state index in [1.165, 1.54) is 24.3 Å². The highest BCUT2D eigenvalue weighted by molar-refractivity contribution is 6.08. The molecule has 0 bridgehead atoms. The molecule has 5 nitrogen and oxygen atoms in total. The van der Waals surface area contributed by atoms with E-state index in [1.807, 2.05) is 30.3 Å². The van der Waals surface area contributed by atoms with E-state index in [0.717, 1.165) is 10.5 Å². The number of ether oxygens (including phenoxy) is 1. The van der Waals surface area contributed by atoms with E-state index in [1.54, 1.807) is 6.92 Å². The summed E-state index contributed by atoms with van der Waals surface area (Å²) in [6, 6.07) is 14.6. The van der Waals surface area contributed by atoms with Crippen molar-refractivity contribution in [3.05, 3.63) is 71.5 Å². The normalized spacial score (nSPS) is 19.9. The number of carbonyl (C=O) groups is 3. The Hall–Kier alpha value is -3.02. The molecule has 3 rings (SSSR count). The first-order valence-corrected chi connectivity index (χ1v) is 8.81. The summed E-state index contributed by atoms with van der Waals surface area (Å²) in [6.07, 6.45) is -0.0202. The molecule has 1 saturated heterocycles. The van der Waals surface area contributed by atoms with Crippen molar-refractivity contribution < 1.29 is 23.5 Å². The van der Waals surface area contributed by atoms with Gasteiger partial charge in [-0.1, -0.05) is 42.5 Å². The number of hydrogen-bond donors (Lipinski definition) is 0. The molecular weight excluding hydrogens is 349 g/mol. The quantitative estimate of drug-likeness (QED) is 0.462. The highest BCUT2D eigenvalue weighted by Crippen LogP contribution is 2.36. The van der Waals surface area contributed by atoms with Crippen LogP contribution in [0.15, 0.2) is 54.6 Å². The number of likely N-dealkylation sites (tertiary alicyclic amines) is 1. The van der Waals surface area contributed by atoms with E-state index in [2.05, 4.69) is 0 Å². The third-order valence-electron chi connectivity index (χ3n) is 4.65. The number of carbonyl (C=O) groups excluding carboxylic acids is 3. The van der Waals surface area contributed by atoms with Crippen LogP contribution in [0.4, 0.5) is 4.39 Å². The molecule has 0 aliphatic carbocycles. The number of imide groups is 1. The Morgan fingerprint density at radius 1 is 1.11 bits per heavy atom. The lowest BCUT2D eigenvalue weighted by Crippen LogP contribution is -2.50. The second-order valence-electron chi connectivity index (χ2n) is 6.40. The number of piperidine rings is 1. The molecule has 1 aliphatic rings. The highest BCUT2D eigenvalue weighted by Gasteiger charge is 2.46. The molecule has 2 unspecified atom stereocenters. The summed E-state index contributed by atoms with van der Waals surface area (Å²) in [5.74, 6) is -3.83. The molecule has 0 saturated carbocycles. The standard InChI is InChI=1S/C21H20FNO4/c1-2-27-21(26)19-17(15-8-10-16(22)11-9-15)12-18(24)23(20(19)25)13-14-6-4-3-5-7-14/h3-11,17,19H,2,12-13H2,1H3. The highest BCUT2D eigenvalue weighted by atomic mass is 19.1. The van der Waals surface area contributed by atoms with Gasteiger partial charge in [-0.2, -0.15) is 0 Å². The maximum Gasteiger partial charge on any atom is 0.319 e. The van der Waals surface area contributed by atoms with Gasteiger partial charge >= 0.3 is 5.97 Å². The zero-order chi connectivity index (χ0) is 19.4. The molecule has 2 amide bonds. The number of halogens is 1. The van der Waals surface area contributed by atoms with Crippen LogP contribution in [0.2, 0.25) is 0 Å². The predicted octanol–water partition coefficient (Wildman–Crippen LogP) is 3.05. The second-order valence-corrected chi connectivity index (χ2v) is 6.40. The first kappa shape index (κ1) is 18.8. The lowest BCUT2D eigenvalue weighted by Gasteiger charge is -2.35. The minimum atomic E-state index is -1.13. The number of amides is 2. The van der Waals surface area contributed by atoms with Gasteiger partial charge in [0.25, 0.3) is 0 Å². The number of hydrogen-bond acceptors (Lipinski definition) is 4. The van der Waals surface area contributed by atoms with Gasteiger partial charge < -0.3 is 4.74 Å². The molecule has 140 valence electrons. The van der Waals surface area contributed by atoms with Crippen molar-refractivity contribution in [1.82, 2.24) is 4.90 Å². The number of esters is 1. The average Bonchev–Trinajstić information content (AvgIpc) is 2.66. The third kappa shape index (κ3) is 4.05. The van der Waals surface area contributed by atoms with Crippen molar-refractivity contribution in [2.45, 2.75) is 25.8 Å². The smallest absolute Gasteiger partial charge is 0.319 e. The zero-order valence-electron chi connectivity index (χ0n) is 14.9. The summed E-state index contributed by atoms with van der Waals surface area (Å²) in [5, 5.41) is 0. The molecule has 0 N–H and O–H groups in total. The van der Waals surface area contributed by atoms with Gasteiger partial charge in [0.05, 0.1) is 13.2 Å². The largest absolute Gasteiger partial charge is 0.465 e. The molecule has 1 heterocycles. The summed E-state index contributed by atoms with van der Waals surface area (Å²) in [4.78, 5) is 39.3. The molecule has 0 aromatic heterocycles. The number of nitrogens with zero attached hydrogens (tertiary/aromatic N) is 1. The average molecular weight is 369 g/mol. The summed E-state index contributed by atoms with van der Waals surface area (Å²) < 4.78 is 18.3. The van der Waals surface area contributed by atoms with E-state index in [4.69, 9.17) is 4.74 Å². The fourth-order valence-corrected chi connectivity index (χ4v) is 3.33. The predicted molar refractivity (Wildman–Crippen MR) is 95.9 cm³/mol. The Balaban J connectivity index is 1.92. The van der Waals surface area contributed by atoms with Crippen molar-refractivity contribution in [2.75, 3.05) is 6.61 Å². The van der Waals surface area contributed by atoms with Gasteiger partial charge in [-0.15, -0.1) is 0 Å². The summed E-state index contributed by atoms with van der Waals surface area (Å²) >= 11 is 0. The van der Waals surface area contributed by atoms with Crippen LogP contribution in [-0.2, 0) is 25.7 Å². The number of benzene rings is 2. The molecule has 1 fully saturated rings. The van der Waals surface area contributed by atoms with Crippen LogP contribution in [-0.4, -0.2) is 29.3 Å². The minimum absolute atomic E-state index is 0.0202. The van der Waals surface area contributed by atoms with E-state index in [-0.39, 0.29) is 25.5 Å². The molecular formula is C21H20FNO4. The molecule has 1 aliphatic heterocycles. The maximum absolute atomic E-state index is 13.3. The summed E-state index contributed by atoms with van der Waals surface area (Å²) in [7, 11) is 0. The van der Waals surface area contributed by atoms with Crippen molar-refractivity contribution in [3.63, 3.8) is 0 Å². The van der Waals surface area contributed by atoms with Crippen LogP contribution in [0.25, 0.3) is 0 Å². The lowest BCUT2D eigenvalue weighted by atomic mass is 9.79. The van der Waals surface area contributed by atoms with Crippen LogP contribution in [0.1, 0.15) is 30.4 Å². The van der Waals surface area contributed by atoms with Gasteiger partial charge in [-0.3, -0.25) is 19.3 Å².